The topological polar surface area (TPSA) is 71.3 Å². The van der Waals surface area contributed by atoms with Crippen LogP contribution in [-0.4, -0.2) is 68.6 Å². The van der Waals surface area contributed by atoms with Crippen LogP contribution in [0.3, 0.4) is 0 Å². The highest BCUT2D eigenvalue weighted by atomic mass is 35.5. The lowest BCUT2D eigenvalue weighted by molar-refractivity contribution is 0.0238. The van der Waals surface area contributed by atoms with Crippen LogP contribution in [0.5, 0.6) is 0 Å². The zero-order chi connectivity index (χ0) is 24.4. The van der Waals surface area contributed by atoms with E-state index in [-0.39, 0.29) is 11.1 Å². The molecule has 1 aromatic carbocycles. The van der Waals surface area contributed by atoms with E-state index in [9.17, 15) is 0 Å². The summed E-state index contributed by atoms with van der Waals surface area (Å²) in [7, 11) is 0. The Morgan fingerprint density at radius 2 is 1.86 bits per heavy atom. The Balaban J connectivity index is 1.19. The summed E-state index contributed by atoms with van der Waals surface area (Å²) in [6.45, 7) is 13.4. The third-order valence-corrected chi connectivity index (χ3v) is 8.10. The van der Waals surface area contributed by atoms with Crippen molar-refractivity contribution >= 4 is 39.8 Å². The molecule has 4 heterocycles. The van der Waals surface area contributed by atoms with E-state index in [0.29, 0.717) is 12.0 Å². The summed E-state index contributed by atoms with van der Waals surface area (Å²) >= 11 is 6.74. The van der Waals surface area contributed by atoms with E-state index in [1.54, 1.807) is 0 Å². The van der Waals surface area contributed by atoms with Crippen LogP contribution in [0.2, 0.25) is 5.02 Å². The maximum Gasteiger partial charge on any atom is 0.227 e. The second-order valence-corrected chi connectivity index (χ2v) is 11.6. The molecule has 1 N–H and O–H groups in total. The van der Waals surface area contributed by atoms with E-state index in [2.05, 4.69) is 63.6 Å². The number of hydrogen-bond acceptors (Lipinski definition) is 7. The fraction of sp³-hybridized carbons (Fsp3) is 0.577. The molecule has 0 unspecified atom stereocenters. The van der Waals surface area contributed by atoms with Crippen molar-refractivity contribution in [3.63, 3.8) is 0 Å². The van der Waals surface area contributed by atoms with Crippen molar-refractivity contribution in [2.24, 2.45) is 0 Å². The monoisotopic (exact) mass is 495 g/mol. The third-order valence-electron chi connectivity index (χ3n) is 7.80. The number of hydrogen-bond donors (Lipinski definition) is 1. The first-order chi connectivity index (χ1) is 16.7. The molecule has 1 saturated carbocycles. The second-order valence-electron chi connectivity index (χ2n) is 11.2. The summed E-state index contributed by atoms with van der Waals surface area (Å²) in [5, 5.41) is 9.57. The maximum atomic E-state index is 6.74. The van der Waals surface area contributed by atoms with Crippen LogP contribution >= 0.6 is 11.6 Å². The fourth-order valence-corrected chi connectivity index (χ4v) is 6.05. The van der Waals surface area contributed by atoms with Gasteiger partial charge in [-0.2, -0.15) is 5.10 Å². The quantitative estimate of drug-likeness (QED) is 0.537. The maximum absolute atomic E-state index is 6.74. The molecule has 0 bridgehead atoms. The first kappa shape index (κ1) is 23.0. The zero-order valence-electron chi connectivity index (χ0n) is 21.0. The van der Waals surface area contributed by atoms with Crippen molar-refractivity contribution < 1.29 is 4.74 Å². The number of anilines is 3. The minimum Gasteiger partial charge on any atom is -0.374 e. The molecular formula is C26H34ClN7O. The molecule has 9 heteroatoms. The smallest absolute Gasteiger partial charge is 0.227 e. The zero-order valence-corrected chi connectivity index (χ0v) is 21.8. The number of rotatable bonds is 5. The fourth-order valence-electron chi connectivity index (χ4n) is 5.76. The molecule has 1 aliphatic carbocycles. The first-order valence-electron chi connectivity index (χ1n) is 12.6. The van der Waals surface area contributed by atoms with Crippen molar-refractivity contribution in [2.75, 3.05) is 43.0 Å². The van der Waals surface area contributed by atoms with Gasteiger partial charge in [0.2, 0.25) is 5.95 Å². The number of piperazine rings is 1. The lowest BCUT2D eigenvalue weighted by Crippen LogP contribution is -2.56. The highest BCUT2D eigenvalue weighted by Crippen LogP contribution is 2.39. The molecule has 8 nitrogen and oxygen atoms in total. The van der Waals surface area contributed by atoms with Crippen LogP contribution < -0.4 is 10.2 Å². The number of benzene rings is 1. The Kier molecular flexibility index (Phi) is 5.47. The normalized spacial score (nSPS) is 24.9. The Bertz CT molecular complexity index is 1260. The summed E-state index contributed by atoms with van der Waals surface area (Å²) in [6, 6.07) is 4.63. The van der Waals surface area contributed by atoms with Crippen molar-refractivity contribution in [1.82, 2.24) is 24.6 Å². The van der Waals surface area contributed by atoms with Gasteiger partial charge in [-0.25, -0.2) is 9.97 Å². The molecule has 2 saturated heterocycles. The number of halogens is 1. The Morgan fingerprint density at radius 3 is 2.54 bits per heavy atom. The number of ether oxygens (including phenoxy) is 1. The van der Waals surface area contributed by atoms with E-state index >= 15 is 0 Å². The Labute approximate surface area is 211 Å². The Morgan fingerprint density at radius 1 is 1.09 bits per heavy atom. The molecule has 2 aromatic heterocycles. The second kappa shape index (κ2) is 8.32. The lowest BCUT2D eigenvalue weighted by Gasteiger charge is -2.44. The van der Waals surface area contributed by atoms with Crippen LogP contribution in [0.1, 0.15) is 51.8 Å². The molecule has 3 aliphatic rings. The third kappa shape index (κ3) is 4.36. The van der Waals surface area contributed by atoms with Crippen molar-refractivity contribution in [3.05, 3.63) is 35.2 Å². The van der Waals surface area contributed by atoms with Gasteiger partial charge in [0.05, 0.1) is 52.1 Å². The molecular weight excluding hydrogens is 462 g/mol. The SMILES string of the molecule is Cc1c(Nc2ncc3cc(Cl)c(N4CCN([C@]5(C)COC(C)(C)C5)CC4)cc3n2)cnn1C1CC1. The molecule has 3 fully saturated rings. The van der Waals surface area contributed by atoms with Gasteiger partial charge < -0.3 is 15.0 Å². The van der Waals surface area contributed by atoms with Gasteiger partial charge in [-0.05, 0) is 59.1 Å². The molecule has 0 spiro atoms. The minimum atomic E-state index is -0.0475. The largest absolute Gasteiger partial charge is 0.374 e. The average molecular weight is 496 g/mol. The molecule has 1 atom stereocenters. The van der Waals surface area contributed by atoms with Crippen molar-refractivity contribution in [1.29, 1.82) is 0 Å². The van der Waals surface area contributed by atoms with Gasteiger partial charge >= 0.3 is 0 Å². The standard InChI is InChI=1S/C26H34ClN7O/c1-17-22(14-29-34(17)19-5-6-19)31-24-28-13-18-11-20(27)23(12-21(18)30-24)32-7-9-33(10-8-32)26(4)15-25(2,3)35-16-26/h11-14,19H,5-10,15-16H2,1-4H3,(H,28,30,31)/t26-/m0/s1. The van der Waals surface area contributed by atoms with Crippen LogP contribution in [0.15, 0.2) is 24.5 Å². The summed E-state index contributed by atoms with van der Waals surface area (Å²) in [5.41, 5.74) is 4.05. The molecule has 6 rings (SSSR count). The van der Waals surface area contributed by atoms with Gasteiger partial charge in [0.1, 0.15) is 0 Å². The van der Waals surface area contributed by atoms with Gasteiger partial charge in [0, 0.05) is 43.3 Å². The van der Waals surface area contributed by atoms with Crippen LogP contribution in [-0.2, 0) is 4.74 Å². The van der Waals surface area contributed by atoms with Crippen molar-refractivity contribution in [3.8, 4) is 0 Å². The van der Waals surface area contributed by atoms with Gasteiger partial charge in [-0.15, -0.1) is 0 Å². The van der Waals surface area contributed by atoms with Gasteiger partial charge in [0.25, 0.3) is 0 Å². The molecule has 35 heavy (non-hydrogen) atoms. The molecule has 0 amide bonds. The number of aromatic nitrogens is 4. The molecule has 3 aromatic rings. The van der Waals surface area contributed by atoms with E-state index in [4.69, 9.17) is 21.3 Å². The molecule has 2 aliphatic heterocycles. The predicted molar refractivity (Wildman–Crippen MR) is 140 cm³/mol. The summed E-state index contributed by atoms with van der Waals surface area (Å²) in [5.74, 6) is 0.575. The molecule has 186 valence electrons. The number of nitrogens with one attached hydrogen (secondary N) is 1. The highest BCUT2D eigenvalue weighted by Gasteiger charge is 2.45. The van der Waals surface area contributed by atoms with Gasteiger partial charge in [-0.3, -0.25) is 9.58 Å². The van der Waals surface area contributed by atoms with E-state index in [0.717, 1.165) is 72.2 Å². The summed E-state index contributed by atoms with van der Waals surface area (Å²) < 4.78 is 8.16. The predicted octanol–water partition coefficient (Wildman–Crippen LogP) is 4.95. The van der Waals surface area contributed by atoms with Crippen LogP contribution in [0.4, 0.5) is 17.3 Å². The van der Waals surface area contributed by atoms with E-state index in [1.165, 1.54) is 12.8 Å². The van der Waals surface area contributed by atoms with Gasteiger partial charge in [-0.1, -0.05) is 11.6 Å². The number of fused-ring (bicyclic) bond motifs is 1. The summed E-state index contributed by atoms with van der Waals surface area (Å²) in [6.07, 6.45) is 7.17. The van der Waals surface area contributed by atoms with Crippen molar-refractivity contribution in [2.45, 2.75) is 64.1 Å². The van der Waals surface area contributed by atoms with E-state index < -0.39 is 0 Å². The van der Waals surface area contributed by atoms with Gasteiger partial charge in [0.15, 0.2) is 0 Å². The molecule has 0 radical (unpaired) electrons. The first-order valence-corrected chi connectivity index (χ1v) is 13.0. The number of nitrogens with zero attached hydrogens (tertiary/aromatic N) is 6. The highest BCUT2D eigenvalue weighted by molar-refractivity contribution is 6.34. The Hall–Kier alpha value is -2.42. The average Bonchev–Trinajstić information content (AvgIpc) is 3.54. The van der Waals surface area contributed by atoms with Crippen LogP contribution in [0, 0.1) is 6.92 Å². The van der Waals surface area contributed by atoms with E-state index in [1.807, 2.05) is 18.5 Å². The lowest BCUT2D eigenvalue weighted by atomic mass is 9.90. The van der Waals surface area contributed by atoms with Crippen LogP contribution in [0.25, 0.3) is 10.9 Å². The summed E-state index contributed by atoms with van der Waals surface area (Å²) in [4.78, 5) is 14.3. The minimum absolute atomic E-state index is 0.0475.